The molecule has 0 spiro atoms. The molecule has 5 heteroatoms. The zero-order valence-electron chi connectivity index (χ0n) is 4.95. The number of nitrogens with zero attached hydrogens (tertiary/aromatic N) is 1. The summed E-state index contributed by atoms with van der Waals surface area (Å²) in [7, 11) is -4.38. The Morgan fingerprint density at radius 1 is 1.22 bits per heavy atom. The third kappa shape index (κ3) is 1.76. The summed E-state index contributed by atoms with van der Waals surface area (Å²) in [6, 6.07) is 0. The van der Waals surface area contributed by atoms with Crippen LogP contribution < -0.4 is 9.79 Å². The van der Waals surface area contributed by atoms with Crippen molar-refractivity contribution in [2.45, 2.75) is 12.8 Å². The third-order valence-corrected chi connectivity index (χ3v) is 2.52. The van der Waals surface area contributed by atoms with Crippen molar-refractivity contribution < 1.29 is 14.4 Å². The van der Waals surface area contributed by atoms with E-state index in [1.165, 1.54) is 0 Å². The summed E-state index contributed by atoms with van der Waals surface area (Å²) in [5, 5.41) is 0. The Bertz CT molecular complexity index is 137. The first kappa shape index (κ1) is 7.22. The van der Waals surface area contributed by atoms with Crippen molar-refractivity contribution in [2.24, 2.45) is 0 Å². The van der Waals surface area contributed by atoms with Gasteiger partial charge in [0.25, 0.3) is 0 Å². The van der Waals surface area contributed by atoms with E-state index in [0.717, 1.165) is 17.5 Å². The van der Waals surface area contributed by atoms with Gasteiger partial charge in [0.2, 0.25) is 0 Å². The lowest BCUT2D eigenvalue weighted by atomic mass is 10.4. The predicted molar refractivity (Wildman–Crippen MR) is 28.4 cm³/mol. The van der Waals surface area contributed by atoms with Gasteiger partial charge in [-0.3, -0.25) is 4.67 Å². The minimum atomic E-state index is -4.38. The Balaban J connectivity index is 2.52. The fourth-order valence-corrected chi connectivity index (χ4v) is 1.72. The van der Waals surface area contributed by atoms with Gasteiger partial charge in [0.15, 0.2) is 0 Å². The molecular formula is C4H8NO3P-2. The second-order valence-corrected chi connectivity index (χ2v) is 3.63. The average molecular weight is 149 g/mol. The van der Waals surface area contributed by atoms with Crippen LogP contribution in [0.1, 0.15) is 12.8 Å². The Hall–Kier alpha value is 0.110. The summed E-state index contributed by atoms with van der Waals surface area (Å²) in [6.07, 6.45) is 1.66. The number of hydrogen-bond acceptors (Lipinski definition) is 3. The van der Waals surface area contributed by atoms with Gasteiger partial charge in [-0.05, 0) is 12.8 Å². The van der Waals surface area contributed by atoms with E-state index in [4.69, 9.17) is 0 Å². The van der Waals surface area contributed by atoms with Crippen LogP contribution in [-0.2, 0) is 4.57 Å². The van der Waals surface area contributed by atoms with Crippen molar-refractivity contribution in [1.82, 2.24) is 4.67 Å². The summed E-state index contributed by atoms with van der Waals surface area (Å²) < 4.78 is 11.2. The Kier molecular flexibility index (Phi) is 1.91. The molecule has 0 radical (unpaired) electrons. The van der Waals surface area contributed by atoms with Crippen LogP contribution in [0.4, 0.5) is 0 Å². The number of hydrogen-bond donors (Lipinski definition) is 0. The molecule has 0 amide bonds. The topological polar surface area (TPSA) is 66.4 Å². The van der Waals surface area contributed by atoms with E-state index in [1.807, 2.05) is 0 Å². The van der Waals surface area contributed by atoms with Gasteiger partial charge in [-0.2, -0.15) is 0 Å². The van der Waals surface area contributed by atoms with Crippen LogP contribution >= 0.6 is 7.75 Å². The van der Waals surface area contributed by atoms with Crippen molar-refractivity contribution in [1.29, 1.82) is 0 Å². The summed E-state index contributed by atoms with van der Waals surface area (Å²) in [5.74, 6) is 0. The van der Waals surface area contributed by atoms with Crippen LogP contribution in [0.25, 0.3) is 0 Å². The molecule has 0 aliphatic carbocycles. The van der Waals surface area contributed by atoms with Crippen LogP contribution in [0.5, 0.6) is 0 Å². The molecule has 0 saturated carbocycles. The van der Waals surface area contributed by atoms with E-state index in [0.29, 0.717) is 13.1 Å². The standard InChI is InChI=1S/C4H10NO3P/c6-9(7,8)5-3-1-2-4-5/h1-4H2,(H2,6,7,8)/p-2. The van der Waals surface area contributed by atoms with Gasteiger partial charge in [0, 0.05) is 20.8 Å². The van der Waals surface area contributed by atoms with E-state index < -0.39 is 7.75 Å². The zero-order valence-corrected chi connectivity index (χ0v) is 5.84. The van der Waals surface area contributed by atoms with E-state index in [9.17, 15) is 14.4 Å². The van der Waals surface area contributed by atoms with Crippen molar-refractivity contribution in [3.8, 4) is 0 Å². The van der Waals surface area contributed by atoms with E-state index in [1.54, 1.807) is 0 Å². The molecule has 0 aromatic heterocycles. The van der Waals surface area contributed by atoms with Gasteiger partial charge in [-0.15, -0.1) is 0 Å². The molecule has 54 valence electrons. The molecule has 1 rings (SSSR count). The van der Waals surface area contributed by atoms with E-state index in [-0.39, 0.29) is 0 Å². The predicted octanol–water partition coefficient (Wildman–Crippen LogP) is -1.09. The summed E-state index contributed by atoms with van der Waals surface area (Å²) in [4.78, 5) is 20.5. The molecule has 0 aromatic rings. The van der Waals surface area contributed by atoms with Crippen LogP contribution in [-0.4, -0.2) is 17.8 Å². The Morgan fingerprint density at radius 2 is 1.67 bits per heavy atom. The van der Waals surface area contributed by atoms with Gasteiger partial charge in [0.05, 0.1) is 0 Å². The van der Waals surface area contributed by atoms with Crippen molar-refractivity contribution in [3.63, 3.8) is 0 Å². The second kappa shape index (κ2) is 2.39. The smallest absolute Gasteiger partial charge is 0.00276 e. The molecule has 0 aromatic carbocycles. The average Bonchev–Trinajstić information content (AvgIpc) is 2.08. The molecule has 9 heavy (non-hydrogen) atoms. The maximum atomic E-state index is 10.2. The minimum absolute atomic E-state index is 0.421. The fraction of sp³-hybridized carbons (Fsp3) is 1.00. The van der Waals surface area contributed by atoms with Gasteiger partial charge < -0.3 is 14.4 Å². The van der Waals surface area contributed by atoms with Gasteiger partial charge in [0.1, 0.15) is 0 Å². The second-order valence-electron chi connectivity index (χ2n) is 2.13. The maximum absolute atomic E-state index is 10.2. The zero-order chi connectivity index (χ0) is 6.91. The Morgan fingerprint density at radius 3 is 1.89 bits per heavy atom. The van der Waals surface area contributed by atoms with Crippen LogP contribution in [0.3, 0.4) is 0 Å². The summed E-state index contributed by atoms with van der Waals surface area (Å²) in [5.41, 5.74) is 0. The van der Waals surface area contributed by atoms with Gasteiger partial charge >= 0.3 is 0 Å². The van der Waals surface area contributed by atoms with Crippen LogP contribution in [0.15, 0.2) is 0 Å². The first-order valence-corrected chi connectivity index (χ1v) is 4.38. The first-order valence-electron chi connectivity index (χ1n) is 2.88. The minimum Gasteiger partial charge on any atom is -0.799 e. The third-order valence-electron chi connectivity index (χ3n) is 1.43. The van der Waals surface area contributed by atoms with E-state index in [2.05, 4.69) is 0 Å². The highest BCUT2D eigenvalue weighted by molar-refractivity contribution is 7.46. The van der Waals surface area contributed by atoms with E-state index >= 15 is 0 Å². The summed E-state index contributed by atoms with van der Waals surface area (Å²) in [6.45, 7) is 0.842. The number of rotatable bonds is 1. The molecule has 0 bridgehead atoms. The molecule has 0 unspecified atom stereocenters. The highest BCUT2D eigenvalue weighted by atomic mass is 31.2. The Labute approximate surface area is 53.7 Å². The van der Waals surface area contributed by atoms with Gasteiger partial charge in [-0.1, -0.05) is 0 Å². The van der Waals surface area contributed by atoms with Crippen LogP contribution in [0.2, 0.25) is 0 Å². The summed E-state index contributed by atoms with van der Waals surface area (Å²) >= 11 is 0. The molecule has 4 nitrogen and oxygen atoms in total. The highest BCUT2D eigenvalue weighted by Gasteiger charge is 2.13. The van der Waals surface area contributed by atoms with Crippen molar-refractivity contribution >= 4 is 7.75 Å². The normalized spacial score (nSPS) is 22.9. The molecule has 1 heterocycles. The molecule has 0 N–H and O–H groups in total. The monoisotopic (exact) mass is 149 g/mol. The quantitative estimate of drug-likeness (QED) is 0.444. The van der Waals surface area contributed by atoms with Crippen LogP contribution in [0, 0.1) is 0 Å². The highest BCUT2D eigenvalue weighted by Crippen LogP contribution is 2.33. The fourth-order valence-electron chi connectivity index (χ4n) is 0.945. The molecule has 1 fully saturated rings. The van der Waals surface area contributed by atoms with Crippen molar-refractivity contribution in [3.05, 3.63) is 0 Å². The lowest BCUT2D eigenvalue weighted by molar-refractivity contribution is -0.328. The lowest BCUT2D eigenvalue weighted by Gasteiger charge is -2.38. The molecular weight excluding hydrogens is 141 g/mol. The lowest BCUT2D eigenvalue weighted by Crippen LogP contribution is -2.30. The molecule has 1 saturated heterocycles. The molecule has 1 aliphatic heterocycles. The SMILES string of the molecule is O=P([O-])([O-])N1CCCC1. The maximum Gasteiger partial charge on any atom is 0.00276 e. The first-order chi connectivity index (χ1) is 4.11. The molecule has 0 atom stereocenters. The van der Waals surface area contributed by atoms with Crippen molar-refractivity contribution in [2.75, 3.05) is 13.1 Å². The molecule has 1 aliphatic rings. The van der Waals surface area contributed by atoms with Gasteiger partial charge in [-0.25, -0.2) is 0 Å². The largest absolute Gasteiger partial charge is 0.799 e.